The summed E-state index contributed by atoms with van der Waals surface area (Å²) in [7, 11) is 3.74. The minimum atomic E-state index is -0.559. The Bertz CT molecular complexity index is 394. The highest BCUT2D eigenvalue weighted by Gasteiger charge is 2.03. The fraction of sp³-hybridized carbons (Fsp3) is 0.222. The monoisotopic (exact) mass is 190 g/mol. The van der Waals surface area contributed by atoms with E-state index in [9.17, 15) is 4.79 Å². The Morgan fingerprint density at radius 1 is 1.50 bits per heavy atom. The van der Waals surface area contributed by atoms with Crippen LogP contribution in [-0.4, -0.2) is 20.0 Å². The number of hydrogen-bond donors (Lipinski definition) is 0. The van der Waals surface area contributed by atoms with Crippen molar-refractivity contribution in [3.8, 4) is 0 Å². The average molecular weight is 190 g/mol. The van der Waals surface area contributed by atoms with Crippen LogP contribution >= 0.6 is 0 Å². The first kappa shape index (κ1) is 10.1. The second kappa shape index (κ2) is 4.30. The second-order valence-electron chi connectivity index (χ2n) is 2.94. The van der Waals surface area contributed by atoms with E-state index in [0.29, 0.717) is 5.56 Å². The zero-order valence-electron chi connectivity index (χ0n) is 8.01. The van der Waals surface area contributed by atoms with Crippen LogP contribution in [0.2, 0.25) is 0 Å². The van der Waals surface area contributed by atoms with E-state index in [1.807, 2.05) is 25.1 Å². The van der Waals surface area contributed by atoms with E-state index >= 15 is 0 Å². The van der Waals surface area contributed by atoms with Crippen LogP contribution in [0.3, 0.4) is 0 Å². The van der Waals surface area contributed by atoms with E-state index in [-0.39, 0.29) is 0 Å². The first-order chi connectivity index (χ1) is 6.65. The predicted molar refractivity (Wildman–Crippen MR) is 54.2 cm³/mol. The predicted octanol–water partition coefficient (Wildman–Crippen LogP) is 2.20. The number of carbonyl (C=O) groups excluding carboxylic acids is 1. The molecule has 0 aromatic heterocycles. The molecule has 1 aromatic carbocycles. The van der Waals surface area contributed by atoms with Crippen LogP contribution < -0.4 is 4.90 Å². The summed E-state index contributed by atoms with van der Waals surface area (Å²) >= 11 is 0. The van der Waals surface area contributed by atoms with Crippen molar-refractivity contribution in [2.24, 2.45) is 5.11 Å². The van der Waals surface area contributed by atoms with E-state index in [0.717, 1.165) is 5.69 Å². The van der Waals surface area contributed by atoms with Gasteiger partial charge in [0, 0.05) is 30.3 Å². The average Bonchev–Trinajstić information content (AvgIpc) is 2.18. The van der Waals surface area contributed by atoms with E-state index < -0.39 is 5.91 Å². The van der Waals surface area contributed by atoms with Gasteiger partial charge in [-0.05, 0) is 22.8 Å². The molecular weight excluding hydrogens is 180 g/mol. The molecule has 0 fully saturated rings. The van der Waals surface area contributed by atoms with Gasteiger partial charge in [-0.25, -0.2) is 0 Å². The highest BCUT2D eigenvalue weighted by Crippen LogP contribution is 2.13. The first-order valence-electron chi connectivity index (χ1n) is 4.02. The topological polar surface area (TPSA) is 69.1 Å². The smallest absolute Gasteiger partial charge is 0.249 e. The first-order valence-corrected chi connectivity index (χ1v) is 4.02. The maximum absolute atomic E-state index is 11.2. The lowest BCUT2D eigenvalue weighted by atomic mass is 10.2. The molecule has 5 nitrogen and oxygen atoms in total. The van der Waals surface area contributed by atoms with Crippen LogP contribution in [0, 0.1) is 0 Å². The molecule has 14 heavy (non-hydrogen) atoms. The van der Waals surface area contributed by atoms with Gasteiger partial charge < -0.3 is 4.90 Å². The molecule has 0 atom stereocenters. The Morgan fingerprint density at radius 3 is 2.79 bits per heavy atom. The summed E-state index contributed by atoms with van der Waals surface area (Å²) in [5, 5.41) is 3.02. The summed E-state index contributed by atoms with van der Waals surface area (Å²) < 4.78 is 0. The van der Waals surface area contributed by atoms with Gasteiger partial charge in [0.1, 0.15) is 0 Å². The molecule has 0 saturated heterocycles. The Labute approximate surface area is 81.6 Å². The number of nitrogens with zero attached hydrogens (tertiary/aromatic N) is 4. The minimum absolute atomic E-state index is 0.397. The Kier molecular flexibility index (Phi) is 3.09. The summed E-state index contributed by atoms with van der Waals surface area (Å²) in [6.07, 6.45) is 0. The highest BCUT2D eigenvalue weighted by atomic mass is 16.1. The van der Waals surface area contributed by atoms with Crippen molar-refractivity contribution in [3.63, 3.8) is 0 Å². The molecule has 0 radical (unpaired) electrons. The number of anilines is 1. The fourth-order valence-electron chi connectivity index (χ4n) is 1.02. The van der Waals surface area contributed by atoms with Crippen molar-refractivity contribution >= 4 is 11.6 Å². The van der Waals surface area contributed by atoms with Crippen LogP contribution in [0.4, 0.5) is 5.69 Å². The maximum atomic E-state index is 11.2. The van der Waals surface area contributed by atoms with Gasteiger partial charge in [-0.15, -0.1) is 0 Å². The van der Waals surface area contributed by atoms with Crippen molar-refractivity contribution in [3.05, 3.63) is 40.3 Å². The number of rotatable bonds is 2. The fourth-order valence-corrected chi connectivity index (χ4v) is 1.02. The SMILES string of the molecule is CN(C)c1cccc(C(=O)N=[N+]=[N-])c1. The Balaban J connectivity index is 3.05. The summed E-state index contributed by atoms with van der Waals surface area (Å²) in [6.45, 7) is 0. The van der Waals surface area contributed by atoms with Crippen LogP contribution in [0.5, 0.6) is 0 Å². The van der Waals surface area contributed by atoms with E-state index in [4.69, 9.17) is 5.53 Å². The van der Waals surface area contributed by atoms with Gasteiger partial charge in [0.15, 0.2) is 0 Å². The van der Waals surface area contributed by atoms with E-state index in [1.54, 1.807) is 18.2 Å². The molecule has 0 bridgehead atoms. The third-order valence-corrected chi connectivity index (χ3v) is 1.75. The van der Waals surface area contributed by atoms with Crippen LogP contribution in [0.15, 0.2) is 29.4 Å². The van der Waals surface area contributed by atoms with Gasteiger partial charge in [-0.2, -0.15) is 0 Å². The van der Waals surface area contributed by atoms with Gasteiger partial charge in [-0.3, -0.25) is 4.79 Å². The normalized spacial score (nSPS) is 9.00. The largest absolute Gasteiger partial charge is 0.378 e. The van der Waals surface area contributed by atoms with E-state index in [1.165, 1.54) is 0 Å². The number of hydrogen-bond acceptors (Lipinski definition) is 2. The molecule has 1 amide bonds. The molecule has 1 aromatic rings. The van der Waals surface area contributed by atoms with Crippen LogP contribution in [0.25, 0.3) is 10.4 Å². The Morgan fingerprint density at radius 2 is 2.21 bits per heavy atom. The lowest BCUT2D eigenvalue weighted by Gasteiger charge is -2.12. The van der Waals surface area contributed by atoms with Crippen molar-refractivity contribution in [1.29, 1.82) is 0 Å². The zero-order valence-corrected chi connectivity index (χ0v) is 8.01. The van der Waals surface area contributed by atoms with Crippen molar-refractivity contribution < 1.29 is 4.79 Å². The molecule has 0 spiro atoms. The molecular formula is C9H10N4O. The number of amides is 1. The quantitative estimate of drug-likeness (QED) is 0.407. The maximum Gasteiger partial charge on any atom is 0.249 e. The van der Waals surface area contributed by atoms with Gasteiger partial charge >= 0.3 is 0 Å². The third kappa shape index (κ3) is 2.24. The third-order valence-electron chi connectivity index (χ3n) is 1.75. The standard InChI is InChI=1S/C9H10N4O/c1-13(2)8-5-3-4-7(6-8)9(14)11-12-10/h3-6H,1-2H3. The molecule has 0 saturated carbocycles. The molecule has 0 aliphatic carbocycles. The van der Waals surface area contributed by atoms with Crippen molar-refractivity contribution in [2.45, 2.75) is 0 Å². The summed E-state index contributed by atoms with van der Waals surface area (Å²) in [6, 6.07) is 6.91. The van der Waals surface area contributed by atoms with Crippen molar-refractivity contribution in [2.75, 3.05) is 19.0 Å². The Hall–Kier alpha value is -2.00. The molecule has 72 valence electrons. The molecule has 0 N–H and O–H groups in total. The van der Waals surface area contributed by atoms with Crippen LogP contribution in [0.1, 0.15) is 10.4 Å². The number of azide groups is 1. The van der Waals surface area contributed by atoms with Crippen LogP contribution in [-0.2, 0) is 0 Å². The van der Waals surface area contributed by atoms with Crippen molar-refractivity contribution in [1.82, 2.24) is 0 Å². The molecule has 1 rings (SSSR count). The lowest BCUT2D eigenvalue weighted by molar-refractivity contribution is 0.100. The molecule has 0 aliphatic rings. The summed E-state index contributed by atoms with van der Waals surface area (Å²) in [4.78, 5) is 15.5. The number of carbonyl (C=O) groups is 1. The van der Waals surface area contributed by atoms with Gasteiger partial charge in [0.05, 0.1) is 0 Å². The lowest BCUT2D eigenvalue weighted by Crippen LogP contribution is -2.09. The zero-order chi connectivity index (χ0) is 10.6. The minimum Gasteiger partial charge on any atom is -0.378 e. The molecule has 0 heterocycles. The van der Waals surface area contributed by atoms with Gasteiger partial charge in [0.25, 0.3) is 0 Å². The van der Waals surface area contributed by atoms with Gasteiger partial charge in [0.2, 0.25) is 5.91 Å². The van der Waals surface area contributed by atoms with Gasteiger partial charge in [-0.1, -0.05) is 12.1 Å². The highest BCUT2D eigenvalue weighted by molar-refractivity contribution is 5.95. The van der Waals surface area contributed by atoms with E-state index in [2.05, 4.69) is 10.0 Å². The molecule has 5 heteroatoms. The molecule has 0 aliphatic heterocycles. The second-order valence-corrected chi connectivity index (χ2v) is 2.94. The summed E-state index contributed by atoms with van der Waals surface area (Å²) in [5.41, 5.74) is 9.39. The molecule has 0 unspecified atom stereocenters. The number of benzene rings is 1. The summed E-state index contributed by atoms with van der Waals surface area (Å²) in [5.74, 6) is -0.559.